The summed E-state index contributed by atoms with van der Waals surface area (Å²) in [7, 11) is 1.45. The van der Waals surface area contributed by atoms with Gasteiger partial charge < -0.3 is 24.8 Å². The highest BCUT2D eigenvalue weighted by Crippen LogP contribution is 2.39. The molecule has 9 nitrogen and oxygen atoms in total. The number of hydrogen-bond donors (Lipinski definition) is 2. The lowest BCUT2D eigenvalue weighted by molar-refractivity contribution is -0.119. The van der Waals surface area contributed by atoms with Gasteiger partial charge in [0.1, 0.15) is 28.1 Å². The van der Waals surface area contributed by atoms with Crippen LogP contribution in [-0.2, 0) is 27.2 Å². The molecule has 0 saturated carbocycles. The molecule has 0 saturated heterocycles. The molecule has 3 aromatic rings. The standard InChI is InChI=1S/C28H26ClN3O6S/c1-16-7-9-18-20(13-30)27(39-24(18)11-16)32-26(34)15-38-28(35)19-5-3-4-6-22(19)37-14-25(33)31-21-10-8-17(29)12-23(21)36-2/h3-6,8,10,12,16H,7,9,11,14-15H2,1-2H3,(H,31,33)(H,32,34). The number of ether oxygens (including phenoxy) is 3. The predicted octanol–water partition coefficient (Wildman–Crippen LogP) is 5.22. The van der Waals surface area contributed by atoms with Gasteiger partial charge >= 0.3 is 5.97 Å². The van der Waals surface area contributed by atoms with Gasteiger partial charge in [-0.05, 0) is 55.0 Å². The van der Waals surface area contributed by atoms with E-state index in [0.717, 1.165) is 29.7 Å². The number of rotatable bonds is 9. The number of nitriles is 1. The Labute approximate surface area is 234 Å². The Bertz CT molecular complexity index is 1450. The molecule has 1 aliphatic carbocycles. The van der Waals surface area contributed by atoms with Crippen molar-refractivity contribution in [2.75, 3.05) is 31.0 Å². The van der Waals surface area contributed by atoms with E-state index in [2.05, 4.69) is 23.6 Å². The third-order valence-corrected chi connectivity index (χ3v) is 7.52. The molecule has 11 heteroatoms. The predicted molar refractivity (Wildman–Crippen MR) is 148 cm³/mol. The topological polar surface area (TPSA) is 127 Å². The second-order valence-electron chi connectivity index (χ2n) is 8.97. The van der Waals surface area contributed by atoms with E-state index in [-0.39, 0.29) is 11.3 Å². The van der Waals surface area contributed by atoms with Crippen LogP contribution in [0.4, 0.5) is 10.7 Å². The molecule has 0 aliphatic heterocycles. The molecule has 2 N–H and O–H groups in total. The monoisotopic (exact) mass is 567 g/mol. The number of thiophene rings is 1. The molecular weight excluding hydrogens is 542 g/mol. The fourth-order valence-electron chi connectivity index (χ4n) is 4.19. The molecule has 2 amide bonds. The van der Waals surface area contributed by atoms with E-state index in [1.807, 2.05) is 0 Å². The van der Waals surface area contributed by atoms with Crippen LogP contribution < -0.4 is 20.1 Å². The molecule has 2 aromatic carbocycles. The minimum absolute atomic E-state index is 0.0560. The normalized spacial score (nSPS) is 13.9. The van der Waals surface area contributed by atoms with Crippen molar-refractivity contribution in [1.82, 2.24) is 0 Å². The second kappa shape index (κ2) is 12.7. The summed E-state index contributed by atoms with van der Waals surface area (Å²) in [5.74, 6) is -0.799. The summed E-state index contributed by atoms with van der Waals surface area (Å²) < 4.78 is 16.0. The van der Waals surface area contributed by atoms with Gasteiger partial charge in [0.25, 0.3) is 11.8 Å². The zero-order chi connectivity index (χ0) is 27.9. The van der Waals surface area contributed by atoms with Crippen LogP contribution in [0.25, 0.3) is 0 Å². The highest BCUT2D eigenvalue weighted by molar-refractivity contribution is 7.16. The number of esters is 1. The third kappa shape index (κ3) is 6.88. The van der Waals surface area contributed by atoms with E-state index in [9.17, 15) is 19.6 Å². The summed E-state index contributed by atoms with van der Waals surface area (Å²) in [5.41, 5.74) is 1.95. The molecule has 1 aromatic heterocycles. The number of methoxy groups -OCH3 is 1. The van der Waals surface area contributed by atoms with Gasteiger partial charge in [-0.2, -0.15) is 5.26 Å². The molecule has 0 bridgehead atoms. The van der Waals surface area contributed by atoms with Crippen LogP contribution in [0.2, 0.25) is 5.02 Å². The first-order chi connectivity index (χ1) is 18.8. The quantitative estimate of drug-likeness (QED) is 0.339. The van der Waals surface area contributed by atoms with Gasteiger partial charge in [0.15, 0.2) is 13.2 Å². The SMILES string of the molecule is COc1cc(Cl)ccc1NC(=O)COc1ccccc1C(=O)OCC(=O)Nc1sc2c(c1C#N)CCC(C)C2. The Morgan fingerprint density at radius 1 is 1.10 bits per heavy atom. The van der Waals surface area contributed by atoms with Gasteiger partial charge in [0.05, 0.1) is 18.4 Å². The van der Waals surface area contributed by atoms with Crippen molar-refractivity contribution >= 4 is 51.4 Å². The molecule has 0 fully saturated rings. The van der Waals surface area contributed by atoms with Crippen molar-refractivity contribution < 1.29 is 28.6 Å². The number of amides is 2. The van der Waals surface area contributed by atoms with Crippen LogP contribution in [0.5, 0.6) is 11.5 Å². The molecule has 1 aliphatic rings. The molecule has 202 valence electrons. The Morgan fingerprint density at radius 3 is 2.64 bits per heavy atom. The average Bonchev–Trinajstić information content (AvgIpc) is 3.27. The minimum Gasteiger partial charge on any atom is -0.495 e. The maximum atomic E-state index is 12.7. The highest BCUT2D eigenvalue weighted by Gasteiger charge is 2.25. The summed E-state index contributed by atoms with van der Waals surface area (Å²) >= 11 is 7.34. The second-order valence-corrected chi connectivity index (χ2v) is 10.5. The smallest absolute Gasteiger partial charge is 0.342 e. The number of anilines is 2. The third-order valence-electron chi connectivity index (χ3n) is 6.11. The lowest BCUT2D eigenvalue weighted by Gasteiger charge is -2.17. The number of para-hydroxylation sites is 1. The van der Waals surface area contributed by atoms with Crippen LogP contribution in [-0.4, -0.2) is 38.1 Å². The number of nitrogens with zero attached hydrogens (tertiary/aromatic N) is 1. The lowest BCUT2D eigenvalue weighted by Crippen LogP contribution is -2.23. The van der Waals surface area contributed by atoms with Crippen molar-refractivity contribution in [2.24, 2.45) is 5.92 Å². The lowest BCUT2D eigenvalue weighted by atomic mass is 9.89. The van der Waals surface area contributed by atoms with E-state index in [0.29, 0.717) is 32.9 Å². The van der Waals surface area contributed by atoms with Gasteiger partial charge in [0.2, 0.25) is 0 Å². The molecule has 39 heavy (non-hydrogen) atoms. The average molecular weight is 568 g/mol. The fourth-order valence-corrected chi connectivity index (χ4v) is 5.73. The van der Waals surface area contributed by atoms with Gasteiger partial charge in [-0.1, -0.05) is 30.7 Å². The largest absolute Gasteiger partial charge is 0.495 e. The van der Waals surface area contributed by atoms with Gasteiger partial charge in [0, 0.05) is 16.0 Å². The van der Waals surface area contributed by atoms with Crippen LogP contribution in [0.15, 0.2) is 42.5 Å². The zero-order valence-corrected chi connectivity index (χ0v) is 22.9. The highest BCUT2D eigenvalue weighted by atomic mass is 35.5. The maximum absolute atomic E-state index is 12.7. The molecule has 4 rings (SSSR count). The number of carbonyl (C=O) groups excluding carboxylic acids is 3. The summed E-state index contributed by atoms with van der Waals surface area (Å²) in [6.07, 6.45) is 2.69. The summed E-state index contributed by atoms with van der Waals surface area (Å²) in [6.45, 7) is 1.22. The van der Waals surface area contributed by atoms with E-state index in [1.165, 1.54) is 30.6 Å². The number of benzene rings is 2. The molecule has 1 unspecified atom stereocenters. The van der Waals surface area contributed by atoms with Crippen LogP contribution >= 0.6 is 22.9 Å². The molecule has 0 spiro atoms. The number of carbonyl (C=O) groups is 3. The summed E-state index contributed by atoms with van der Waals surface area (Å²) in [5, 5.41) is 15.9. The summed E-state index contributed by atoms with van der Waals surface area (Å²) in [6, 6.07) is 13.2. The van der Waals surface area contributed by atoms with E-state index in [4.69, 9.17) is 25.8 Å². The van der Waals surface area contributed by atoms with E-state index in [1.54, 1.807) is 30.3 Å². The fraction of sp³-hybridized carbons (Fsp3) is 0.286. The number of hydrogen-bond acceptors (Lipinski definition) is 8. The van der Waals surface area contributed by atoms with E-state index < -0.39 is 31.0 Å². The summed E-state index contributed by atoms with van der Waals surface area (Å²) in [4.78, 5) is 38.8. The van der Waals surface area contributed by atoms with Gasteiger partial charge in [-0.3, -0.25) is 9.59 Å². The Hall–Kier alpha value is -4.07. The van der Waals surface area contributed by atoms with Crippen molar-refractivity contribution in [1.29, 1.82) is 5.26 Å². The number of nitrogens with one attached hydrogen (secondary N) is 2. The van der Waals surface area contributed by atoms with Crippen molar-refractivity contribution in [2.45, 2.75) is 26.2 Å². The first-order valence-corrected chi connectivity index (χ1v) is 13.3. The molecule has 1 heterocycles. The van der Waals surface area contributed by atoms with Gasteiger partial charge in [-0.15, -0.1) is 11.3 Å². The van der Waals surface area contributed by atoms with Crippen LogP contribution in [0.1, 0.15) is 39.7 Å². The minimum atomic E-state index is -0.791. The van der Waals surface area contributed by atoms with Crippen molar-refractivity contribution in [3.05, 3.63) is 69.1 Å². The molecular formula is C28H26ClN3O6S. The Balaban J connectivity index is 1.33. The first kappa shape index (κ1) is 28.0. The Kier molecular flexibility index (Phi) is 9.07. The maximum Gasteiger partial charge on any atom is 0.342 e. The Morgan fingerprint density at radius 2 is 1.87 bits per heavy atom. The van der Waals surface area contributed by atoms with Crippen LogP contribution in [0, 0.1) is 17.2 Å². The molecule has 0 radical (unpaired) electrons. The number of fused-ring (bicyclic) bond motifs is 1. The first-order valence-electron chi connectivity index (χ1n) is 12.2. The zero-order valence-electron chi connectivity index (χ0n) is 21.3. The van der Waals surface area contributed by atoms with Crippen molar-refractivity contribution in [3.63, 3.8) is 0 Å². The number of halogens is 1. The van der Waals surface area contributed by atoms with Gasteiger partial charge in [-0.25, -0.2) is 4.79 Å². The van der Waals surface area contributed by atoms with E-state index >= 15 is 0 Å². The van der Waals surface area contributed by atoms with Crippen LogP contribution in [0.3, 0.4) is 0 Å². The molecule has 1 atom stereocenters. The van der Waals surface area contributed by atoms with Crippen molar-refractivity contribution in [3.8, 4) is 17.6 Å².